The van der Waals surface area contributed by atoms with Crippen molar-refractivity contribution in [3.05, 3.63) is 22.6 Å². The van der Waals surface area contributed by atoms with Crippen LogP contribution in [0.25, 0.3) is 0 Å². The molecule has 2 rings (SSSR count). The average molecular weight is 451 g/mol. The summed E-state index contributed by atoms with van der Waals surface area (Å²) >= 11 is 0. The Morgan fingerprint density at radius 2 is 1.77 bits per heavy atom. The summed E-state index contributed by atoms with van der Waals surface area (Å²) in [6.45, 7) is 8.88. The summed E-state index contributed by atoms with van der Waals surface area (Å²) < 4.78 is 65.1. The largest absolute Gasteiger partial charge is 0.413 e. The number of carbonyl (C=O) groups excluding carboxylic acids is 1. The summed E-state index contributed by atoms with van der Waals surface area (Å²) in [5.74, 6) is -0.884. The van der Waals surface area contributed by atoms with E-state index >= 15 is 0 Å². The summed E-state index contributed by atoms with van der Waals surface area (Å²) in [4.78, 5) is 11.7. The van der Waals surface area contributed by atoms with Crippen molar-refractivity contribution in [1.29, 1.82) is 0 Å². The van der Waals surface area contributed by atoms with E-state index in [9.17, 15) is 26.4 Å². The highest BCUT2D eigenvalue weighted by atomic mass is 32.2. The molecule has 1 fully saturated rings. The van der Waals surface area contributed by atoms with Crippen molar-refractivity contribution in [2.75, 3.05) is 6.54 Å². The molecule has 1 unspecified atom stereocenters. The molecule has 0 bridgehead atoms. The molecule has 0 aliphatic heterocycles. The molecule has 2 N–H and O–H groups in total. The molecule has 0 saturated heterocycles. The molecule has 1 saturated carbocycles. The molecule has 172 valence electrons. The predicted octanol–water partition coefficient (Wildman–Crippen LogP) is 4.02. The lowest BCUT2D eigenvalue weighted by molar-refractivity contribution is -0.121. The van der Waals surface area contributed by atoms with Crippen molar-refractivity contribution in [2.45, 2.75) is 89.2 Å². The van der Waals surface area contributed by atoms with Crippen LogP contribution < -0.4 is 10.6 Å². The topological polar surface area (TPSA) is 75.3 Å². The van der Waals surface area contributed by atoms with E-state index in [1.807, 2.05) is 20.8 Å². The number of sulfone groups is 1. The molecule has 2 aliphatic carbocycles. The first kappa shape index (κ1) is 24.9. The molecule has 2 aliphatic rings. The first-order chi connectivity index (χ1) is 13.6. The van der Waals surface area contributed by atoms with Gasteiger partial charge in [-0.2, -0.15) is 13.2 Å². The van der Waals surface area contributed by atoms with Crippen LogP contribution in [0.2, 0.25) is 0 Å². The standard InChI is InChI=1S/C21H33F3N2O3S/c1-14-6-7-16(12-17(14)21(22,23)24)30(28,29)20(5)10-8-15(9-11-20)25-13-18(27)26-19(2,3)4/h7,12,14-15,25H,6,8-11,13H2,1-5H3,(H,26,27). The fraction of sp³-hybridized carbons (Fsp3) is 0.762. The smallest absolute Gasteiger partial charge is 0.350 e. The van der Waals surface area contributed by atoms with E-state index in [0.717, 1.165) is 6.08 Å². The molecule has 1 amide bonds. The first-order valence-corrected chi connectivity index (χ1v) is 11.8. The van der Waals surface area contributed by atoms with Gasteiger partial charge in [-0.1, -0.05) is 13.0 Å². The van der Waals surface area contributed by atoms with Crippen molar-refractivity contribution < 1.29 is 26.4 Å². The van der Waals surface area contributed by atoms with Crippen LogP contribution in [0.1, 0.15) is 66.7 Å². The molecule has 5 nitrogen and oxygen atoms in total. The lowest BCUT2D eigenvalue weighted by Crippen LogP contribution is -2.49. The second-order valence-electron chi connectivity index (χ2n) is 9.75. The van der Waals surface area contributed by atoms with Crippen LogP contribution in [0.15, 0.2) is 22.6 Å². The van der Waals surface area contributed by atoms with Gasteiger partial charge in [0.1, 0.15) is 0 Å². The van der Waals surface area contributed by atoms with Gasteiger partial charge < -0.3 is 10.6 Å². The number of hydrogen-bond donors (Lipinski definition) is 2. The molecule has 0 aromatic heterocycles. The van der Waals surface area contributed by atoms with Crippen LogP contribution in [0, 0.1) is 5.92 Å². The minimum Gasteiger partial charge on any atom is -0.350 e. The third-order valence-electron chi connectivity index (χ3n) is 5.90. The highest BCUT2D eigenvalue weighted by Gasteiger charge is 2.46. The SMILES string of the molecule is CC1CC=C(S(=O)(=O)C2(C)CCC(NCC(=O)NC(C)(C)C)CC2)C=C1C(F)(F)F. The number of allylic oxidation sites excluding steroid dienone is 3. The Bertz CT molecular complexity index is 815. The van der Waals surface area contributed by atoms with E-state index in [2.05, 4.69) is 10.6 Å². The number of carbonyl (C=O) groups is 1. The van der Waals surface area contributed by atoms with Gasteiger partial charge in [-0.05, 0) is 71.8 Å². The fourth-order valence-corrected chi connectivity index (χ4v) is 5.95. The molecule has 0 aromatic rings. The number of alkyl halides is 3. The molecule has 1 atom stereocenters. The Kier molecular flexibility index (Phi) is 7.18. The zero-order chi connectivity index (χ0) is 23.0. The van der Waals surface area contributed by atoms with Crippen molar-refractivity contribution in [3.8, 4) is 0 Å². The average Bonchev–Trinajstić information content (AvgIpc) is 2.59. The summed E-state index contributed by atoms with van der Waals surface area (Å²) in [7, 11) is -3.90. The number of hydrogen-bond acceptors (Lipinski definition) is 4. The zero-order valence-corrected chi connectivity index (χ0v) is 19.1. The van der Waals surface area contributed by atoms with Crippen LogP contribution in [0.5, 0.6) is 0 Å². The van der Waals surface area contributed by atoms with Crippen molar-refractivity contribution in [2.24, 2.45) is 5.92 Å². The van der Waals surface area contributed by atoms with Crippen molar-refractivity contribution >= 4 is 15.7 Å². The van der Waals surface area contributed by atoms with E-state index < -0.39 is 32.3 Å². The van der Waals surface area contributed by atoms with E-state index in [1.165, 1.54) is 13.0 Å². The van der Waals surface area contributed by atoms with Crippen LogP contribution in [-0.4, -0.2) is 43.4 Å². The maximum atomic E-state index is 13.3. The van der Waals surface area contributed by atoms with Gasteiger partial charge in [0.15, 0.2) is 9.84 Å². The monoisotopic (exact) mass is 450 g/mol. The third-order valence-corrected chi connectivity index (χ3v) is 8.51. The second-order valence-corrected chi connectivity index (χ2v) is 12.2. The number of rotatable bonds is 5. The second kappa shape index (κ2) is 8.65. The lowest BCUT2D eigenvalue weighted by Gasteiger charge is -2.38. The summed E-state index contributed by atoms with van der Waals surface area (Å²) in [5, 5.41) is 6.02. The quantitative estimate of drug-likeness (QED) is 0.664. The van der Waals surface area contributed by atoms with E-state index in [-0.39, 0.29) is 35.4 Å². The van der Waals surface area contributed by atoms with E-state index in [4.69, 9.17) is 0 Å². The van der Waals surface area contributed by atoms with Crippen LogP contribution in [0.4, 0.5) is 13.2 Å². The van der Waals surface area contributed by atoms with Gasteiger partial charge in [-0.3, -0.25) is 4.79 Å². The Hall–Kier alpha value is -1.35. The first-order valence-electron chi connectivity index (χ1n) is 10.3. The van der Waals surface area contributed by atoms with E-state index in [1.54, 1.807) is 6.92 Å². The Balaban J connectivity index is 2.04. The maximum Gasteiger partial charge on any atom is 0.413 e. The minimum absolute atomic E-state index is 0.000583. The third kappa shape index (κ3) is 5.87. The molecular weight excluding hydrogens is 417 g/mol. The van der Waals surface area contributed by atoms with Gasteiger partial charge in [-0.15, -0.1) is 0 Å². The normalized spacial score (nSPS) is 28.5. The molecular formula is C21H33F3N2O3S. The fourth-order valence-electron chi connectivity index (χ4n) is 4.01. The molecule has 0 aromatic carbocycles. The Labute approximate surface area is 177 Å². The van der Waals surface area contributed by atoms with Crippen LogP contribution >= 0.6 is 0 Å². The van der Waals surface area contributed by atoms with Crippen LogP contribution in [-0.2, 0) is 14.6 Å². The van der Waals surface area contributed by atoms with Gasteiger partial charge in [0, 0.05) is 17.2 Å². The van der Waals surface area contributed by atoms with Crippen molar-refractivity contribution in [1.82, 2.24) is 10.6 Å². The zero-order valence-electron chi connectivity index (χ0n) is 18.3. The van der Waals surface area contributed by atoms with Crippen LogP contribution in [0.3, 0.4) is 0 Å². The Morgan fingerprint density at radius 3 is 2.27 bits per heavy atom. The highest BCUT2D eigenvalue weighted by molar-refractivity contribution is 7.96. The van der Waals surface area contributed by atoms with E-state index in [0.29, 0.717) is 25.7 Å². The number of amides is 1. The van der Waals surface area contributed by atoms with Gasteiger partial charge in [-0.25, -0.2) is 8.42 Å². The summed E-state index contributed by atoms with van der Waals surface area (Å²) in [5.41, 5.74) is -1.11. The van der Waals surface area contributed by atoms with Gasteiger partial charge in [0.2, 0.25) is 5.91 Å². The maximum absolute atomic E-state index is 13.3. The molecule has 0 radical (unpaired) electrons. The minimum atomic E-state index is -4.54. The summed E-state index contributed by atoms with van der Waals surface area (Å²) in [6.07, 6.45) is -0.507. The van der Waals surface area contributed by atoms with Gasteiger partial charge in [0.25, 0.3) is 0 Å². The highest BCUT2D eigenvalue weighted by Crippen LogP contribution is 2.43. The van der Waals surface area contributed by atoms with Gasteiger partial charge in [0.05, 0.1) is 16.2 Å². The van der Waals surface area contributed by atoms with Crippen molar-refractivity contribution in [3.63, 3.8) is 0 Å². The molecule has 0 heterocycles. The predicted molar refractivity (Wildman–Crippen MR) is 111 cm³/mol. The lowest BCUT2D eigenvalue weighted by atomic mass is 9.86. The van der Waals surface area contributed by atoms with Gasteiger partial charge >= 0.3 is 6.18 Å². The Morgan fingerprint density at radius 1 is 1.20 bits per heavy atom. The molecule has 0 spiro atoms. The summed E-state index contributed by atoms with van der Waals surface area (Å²) in [6, 6.07) is 0.000583. The number of nitrogens with one attached hydrogen (secondary N) is 2. The molecule has 9 heteroatoms. The molecule has 30 heavy (non-hydrogen) atoms. The number of halogens is 3.